The van der Waals surface area contributed by atoms with Crippen molar-refractivity contribution in [3.8, 4) is 0 Å². The van der Waals surface area contributed by atoms with Crippen LogP contribution in [0, 0.1) is 0 Å². The summed E-state index contributed by atoms with van der Waals surface area (Å²) in [5, 5.41) is 30.2. The Morgan fingerprint density at radius 1 is 0.844 bits per heavy atom. The van der Waals surface area contributed by atoms with Gasteiger partial charge in [0.2, 0.25) is 5.91 Å². The summed E-state index contributed by atoms with van der Waals surface area (Å²) in [6, 6.07) is -0.670. The van der Waals surface area contributed by atoms with Gasteiger partial charge in [0.15, 0.2) is 6.23 Å². The van der Waals surface area contributed by atoms with Crippen molar-refractivity contribution in [1.82, 2.24) is 10.2 Å². The zero-order chi connectivity index (χ0) is 26.1. The fourth-order valence-electron chi connectivity index (χ4n) is 1.96. The minimum absolute atomic E-state index is 0.108. The quantitative estimate of drug-likeness (QED) is 0.145. The Bertz CT molecular complexity index is 672. The number of ether oxygens (including phenoxy) is 1. The maximum absolute atomic E-state index is 11.5. The number of rotatable bonds is 2. The number of imide groups is 1. The second kappa shape index (κ2) is 13.7. The Morgan fingerprint density at radius 3 is 1.50 bits per heavy atom. The first-order valence-electron chi connectivity index (χ1n) is 7.62. The highest BCUT2D eigenvalue weighted by Gasteiger charge is 2.47. The van der Waals surface area contributed by atoms with E-state index in [1.165, 1.54) is 0 Å². The van der Waals surface area contributed by atoms with E-state index in [4.69, 9.17) is 67.6 Å². The van der Waals surface area contributed by atoms with Crippen molar-refractivity contribution in [2.75, 3.05) is 13.2 Å². The van der Waals surface area contributed by atoms with E-state index >= 15 is 0 Å². The molecule has 0 unspecified atom stereocenters. The van der Waals surface area contributed by atoms with E-state index in [2.05, 4.69) is 5.32 Å². The lowest BCUT2D eigenvalue weighted by molar-refractivity contribution is -0.125. The lowest BCUT2D eigenvalue weighted by Crippen LogP contribution is -2.56. The summed E-state index contributed by atoms with van der Waals surface area (Å²) < 4.78 is 31.8. The molecule has 0 aliphatic carbocycles. The van der Waals surface area contributed by atoms with Gasteiger partial charge < -0.3 is 64.1 Å². The van der Waals surface area contributed by atoms with Crippen molar-refractivity contribution in [1.29, 1.82) is 0 Å². The molecule has 2 aliphatic heterocycles. The van der Waals surface area contributed by atoms with Gasteiger partial charge in [-0.25, -0.2) is 18.5 Å². The van der Waals surface area contributed by atoms with E-state index in [1.807, 2.05) is 0 Å². The molecule has 2 saturated heterocycles. The summed E-state index contributed by atoms with van der Waals surface area (Å²) >= 11 is 0. The van der Waals surface area contributed by atoms with Crippen LogP contribution in [0.4, 0.5) is 4.79 Å². The number of hydrogen-bond acceptors (Lipinski definition) is 9. The number of carbonyl (C=O) groups excluding carboxylic acids is 2. The van der Waals surface area contributed by atoms with E-state index in [0.717, 1.165) is 4.90 Å². The first-order chi connectivity index (χ1) is 14.0. The fourth-order valence-corrected chi connectivity index (χ4v) is 1.96. The Morgan fingerprint density at radius 2 is 1.22 bits per heavy atom. The Kier molecular flexibility index (Phi) is 14.3. The molecule has 192 valence electrons. The average Bonchev–Trinajstić information content (AvgIpc) is 2.78. The van der Waals surface area contributed by atoms with Gasteiger partial charge in [0.25, 0.3) is 0 Å². The summed E-state index contributed by atoms with van der Waals surface area (Å²) in [4.78, 5) is 88.3. The fraction of sp³-hybridized carbons (Fsp3) is 0.778. The lowest BCUT2D eigenvalue weighted by atomic mass is 10.1. The number of aliphatic hydroxyl groups excluding tert-OH is 3. The Balaban J connectivity index is 0. The molecule has 2 heterocycles. The SMILES string of the molecule is O=C1CCN([C@@H]2O[C@H](CO)[C@@H](O)[C@H]2O)C(=O)N1.O=P(O)(O)O.O=P(O)(O)O.O=P(O)(O)O. The zero-order valence-corrected chi connectivity index (χ0v) is 18.2. The molecule has 4 atom stereocenters. The number of carbonyl (C=O) groups is 2. The van der Waals surface area contributed by atoms with E-state index in [9.17, 15) is 19.8 Å². The van der Waals surface area contributed by atoms with Gasteiger partial charge in [-0.1, -0.05) is 0 Å². The van der Waals surface area contributed by atoms with Crippen LogP contribution in [0.25, 0.3) is 0 Å². The molecule has 13 N–H and O–H groups in total. The maximum Gasteiger partial charge on any atom is 0.466 e. The second-order valence-corrected chi connectivity index (χ2v) is 8.65. The van der Waals surface area contributed by atoms with Crippen LogP contribution in [-0.4, -0.2) is 114 Å². The Labute approximate surface area is 178 Å². The largest absolute Gasteiger partial charge is 0.466 e. The molecule has 0 aromatic carbocycles. The van der Waals surface area contributed by atoms with Crippen LogP contribution in [0.1, 0.15) is 6.42 Å². The number of aliphatic hydroxyl groups is 3. The highest BCUT2D eigenvalue weighted by molar-refractivity contribution is 7.45. The van der Waals surface area contributed by atoms with Crippen LogP contribution in [0.15, 0.2) is 0 Å². The monoisotopic (exact) mass is 540 g/mol. The maximum atomic E-state index is 11.5. The van der Waals surface area contributed by atoms with Crippen molar-refractivity contribution in [3.05, 3.63) is 0 Å². The molecule has 0 saturated carbocycles. The highest BCUT2D eigenvalue weighted by atomic mass is 31.2. The molecule has 2 rings (SSSR count). The summed E-state index contributed by atoms with van der Waals surface area (Å²) in [5.74, 6) is -0.391. The number of nitrogens with zero attached hydrogens (tertiary/aromatic N) is 1. The standard InChI is InChI=1S/C9H14N2O6.3H3O4P/c12-3-4-6(14)7(15)8(17-4)11-2-1-5(13)10-9(11)16;3*1-5(2,3)4/h4,6-8,12,14-15H,1-3H2,(H,10,13,16);3*(H3,1,2,3,4)/t4-,6-,7-,8-;;;/m1.../s1. The lowest BCUT2D eigenvalue weighted by Gasteiger charge is -2.32. The molecular formula is C9H23N2O18P3. The third kappa shape index (κ3) is 19.8. The molecule has 0 aromatic heterocycles. The predicted octanol–water partition coefficient (Wildman–Crippen LogP) is -5.42. The molecule has 2 fully saturated rings. The molecule has 2 aliphatic rings. The second-order valence-electron chi connectivity index (χ2n) is 5.57. The summed E-state index contributed by atoms with van der Waals surface area (Å²) in [5.41, 5.74) is 0. The van der Waals surface area contributed by atoms with Crippen LogP contribution < -0.4 is 5.32 Å². The minimum Gasteiger partial charge on any atom is -0.394 e. The molecule has 20 nitrogen and oxygen atoms in total. The number of hydrogen-bond donors (Lipinski definition) is 13. The van der Waals surface area contributed by atoms with Crippen molar-refractivity contribution >= 4 is 35.4 Å². The first kappa shape index (κ1) is 33.3. The topological polar surface area (TPSA) is 353 Å². The minimum atomic E-state index is -4.64. The molecule has 0 radical (unpaired) electrons. The summed E-state index contributed by atoms with van der Waals surface area (Å²) in [7, 11) is -13.9. The molecular weight excluding hydrogens is 517 g/mol. The number of amides is 3. The highest BCUT2D eigenvalue weighted by Crippen LogP contribution is 2.27. The van der Waals surface area contributed by atoms with Gasteiger partial charge in [0.1, 0.15) is 18.3 Å². The molecule has 0 aromatic rings. The van der Waals surface area contributed by atoms with Gasteiger partial charge in [0, 0.05) is 13.0 Å². The van der Waals surface area contributed by atoms with Crippen molar-refractivity contribution in [2.45, 2.75) is 31.0 Å². The van der Waals surface area contributed by atoms with Gasteiger partial charge in [-0.05, 0) is 0 Å². The molecule has 32 heavy (non-hydrogen) atoms. The van der Waals surface area contributed by atoms with Crippen molar-refractivity contribution in [2.24, 2.45) is 0 Å². The molecule has 23 heteroatoms. The third-order valence-corrected chi connectivity index (χ3v) is 2.91. The van der Waals surface area contributed by atoms with Crippen LogP contribution in [0.2, 0.25) is 0 Å². The van der Waals surface area contributed by atoms with Gasteiger partial charge in [-0.15, -0.1) is 0 Å². The van der Waals surface area contributed by atoms with Crippen LogP contribution in [-0.2, 0) is 23.2 Å². The van der Waals surface area contributed by atoms with Gasteiger partial charge in [0.05, 0.1) is 6.61 Å². The zero-order valence-electron chi connectivity index (χ0n) is 15.5. The van der Waals surface area contributed by atoms with Gasteiger partial charge >= 0.3 is 29.5 Å². The Hall–Kier alpha value is -0.890. The summed E-state index contributed by atoms with van der Waals surface area (Å²) in [6.07, 6.45) is -4.42. The van der Waals surface area contributed by atoms with E-state index < -0.39 is 66.6 Å². The third-order valence-electron chi connectivity index (χ3n) is 2.91. The molecule has 3 amide bonds. The predicted molar refractivity (Wildman–Crippen MR) is 95.4 cm³/mol. The van der Waals surface area contributed by atoms with Gasteiger partial charge in [-0.3, -0.25) is 15.0 Å². The van der Waals surface area contributed by atoms with Crippen LogP contribution >= 0.6 is 23.5 Å². The normalized spacial score (nSPS) is 25.9. The number of nitrogens with one attached hydrogen (secondary N) is 1. The smallest absolute Gasteiger partial charge is 0.394 e. The summed E-state index contributed by atoms with van der Waals surface area (Å²) in [6.45, 7) is -0.347. The van der Waals surface area contributed by atoms with E-state index in [0.29, 0.717) is 0 Å². The van der Waals surface area contributed by atoms with E-state index in [1.54, 1.807) is 0 Å². The molecule has 0 spiro atoms. The first-order valence-corrected chi connectivity index (χ1v) is 12.3. The number of urea groups is 1. The van der Waals surface area contributed by atoms with Crippen molar-refractivity contribution < 1.29 is 87.4 Å². The van der Waals surface area contributed by atoms with Crippen LogP contribution in [0.3, 0.4) is 0 Å². The number of phosphoric acid groups is 3. The average molecular weight is 540 g/mol. The molecule has 0 bridgehead atoms. The van der Waals surface area contributed by atoms with E-state index in [-0.39, 0.29) is 13.0 Å². The van der Waals surface area contributed by atoms with Crippen LogP contribution in [0.5, 0.6) is 0 Å². The van der Waals surface area contributed by atoms with Crippen molar-refractivity contribution in [3.63, 3.8) is 0 Å². The van der Waals surface area contributed by atoms with Gasteiger partial charge in [-0.2, -0.15) is 0 Å².